The Kier molecular flexibility index (Phi) is 17.9. The van der Waals surface area contributed by atoms with Crippen molar-refractivity contribution >= 4 is 59.9 Å². The second kappa shape index (κ2) is 19.3. The molecule has 1 aromatic heterocycles. The van der Waals surface area contributed by atoms with Crippen LogP contribution in [0.2, 0.25) is 5.15 Å². The van der Waals surface area contributed by atoms with Crippen LogP contribution in [-0.2, 0) is 4.74 Å². The molecule has 0 spiro atoms. The van der Waals surface area contributed by atoms with Crippen molar-refractivity contribution < 1.29 is 19.0 Å². The lowest BCUT2D eigenvalue weighted by molar-refractivity contribution is 0.0358. The Balaban J connectivity index is 0.000000720. The van der Waals surface area contributed by atoms with Gasteiger partial charge in [0.25, 0.3) is 0 Å². The fraction of sp³-hybridized carbons (Fsp3) is 0.478. The number of halogens is 3. The van der Waals surface area contributed by atoms with Crippen LogP contribution in [0.1, 0.15) is 36.7 Å². The number of aromatic nitrogens is 2. The number of rotatable bonds is 10. The molecular formula is C23H37Cl3N8O4. The van der Waals surface area contributed by atoms with Crippen molar-refractivity contribution in [2.24, 2.45) is 16.5 Å². The monoisotopic (exact) mass is 594 g/mol. The topological polar surface area (TPSA) is 190 Å². The molecule has 1 aliphatic heterocycles. The summed E-state index contributed by atoms with van der Waals surface area (Å²) in [6.07, 6.45) is 3.30. The van der Waals surface area contributed by atoms with Crippen molar-refractivity contribution in [3.8, 4) is 11.5 Å². The molecule has 0 atom stereocenters. The van der Waals surface area contributed by atoms with Crippen LogP contribution in [0, 0.1) is 0 Å². The molecule has 1 amide bonds. The van der Waals surface area contributed by atoms with Crippen LogP contribution >= 0.6 is 36.4 Å². The molecule has 0 unspecified atom stereocenters. The number of hydrogen-bond donors (Lipinski definition) is 4. The number of carbonyl (C=O) groups excluding carboxylic acids is 1. The first-order valence-corrected chi connectivity index (χ1v) is 12.1. The Labute approximate surface area is 240 Å². The number of carbonyl (C=O) groups is 1. The molecule has 0 bridgehead atoms. The molecule has 0 saturated carbocycles. The van der Waals surface area contributed by atoms with Gasteiger partial charge in [0.05, 0.1) is 26.4 Å². The molecule has 15 heteroatoms. The minimum absolute atomic E-state index is 0. The average Bonchev–Trinajstić information content (AvgIpc) is 2.86. The lowest BCUT2D eigenvalue weighted by Crippen LogP contribution is -2.37. The van der Waals surface area contributed by atoms with Crippen molar-refractivity contribution in [1.82, 2.24) is 14.9 Å². The predicted molar refractivity (Wildman–Crippen MR) is 155 cm³/mol. The van der Waals surface area contributed by atoms with Crippen LogP contribution in [0.5, 0.6) is 11.5 Å². The van der Waals surface area contributed by atoms with Crippen LogP contribution in [0.25, 0.3) is 0 Å². The molecule has 8 N–H and O–H groups in total. The fourth-order valence-electron chi connectivity index (χ4n) is 3.04. The number of morpholine rings is 1. The summed E-state index contributed by atoms with van der Waals surface area (Å²) in [5, 5.41) is -0.140. The maximum Gasteiger partial charge on any atom is 0.302 e. The highest BCUT2D eigenvalue weighted by molar-refractivity contribution is 6.31. The fourth-order valence-corrected chi connectivity index (χ4v) is 3.17. The van der Waals surface area contributed by atoms with Gasteiger partial charge >= 0.3 is 5.91 Å². The molecule has 2 heterocycles. The summed E-state index contributed by atoms with van der Waals surface area (Å²) in [5.41, 5.74) is 20.5. The number of nitrogen functional groups attached to an aromatic ring is 2. The van der Waals surface area contributed by atoms with Gasteiger partial charge in [-0.1, -0.05) is 24.9 Å². The molecule has 3 rings (SSSR count). The van der Waals surface area contributed by atoms with Crippen LogP contribution < -0.4 is 32.4 Å². The van der Waals surface area contributed by atoms with Gasteiger partial charge in [-0.2, -0.15) is 4.99 Å². The van der Waals surface area contributed by atoms with Crippen LogP contribution in [-0.4, -0.2) is 72.8 Å². The average molecular weight is 596 g/mol. The molecule has 38 heavy (non-hydrogen) atoms. The third-order valence-corrected chi connectivity index (χ3v) is 5.20. The van der Waals surface area contributed by atoms with E-state index in [4.69, 9.17) is 48.7 Å². The number of ether oxygens (including phenoxy) is 3. The zero-order valence-corrected chi connectivity index (χ0v) is 23.7. The summed E-state index contributed by atoms with van der Waals surface area (Å²) in [5.74, 6) is 0.335. The standard InChI is InChI=1S/C17H27NO3.C6H8ClN7O.2ClH/c1-2-3-12-20-16-5-7-17(8-6-16)21-13-4-9-18-10-14-19-15-11-18;7-2-4(9)13-3(8)1(12-2)5(15)14-6(10)11;;/h5-8H,2-4,9-15H2,1H3;(H4,8,9,13)(H4,10,11,14,15);2*1H. The van der Waals surface area contributed by atoms with Crippen molar-refractivity contribution in [3.05, 3.63) is 35.1 Å². The zero-order valence-electron chi connectivity index (χ0n) is 21.3. The highest BCUT2D eigenvalue weighted by Crippen LogP contribution is 2.19. The zero-order chi connectivity index (χ0) is 26.3. The quantitative estimate of drug-likeness (QED) is 0.179. The van der Waals surface area contributed by atoms with E-state index in [9.17, 15) is 4.79 Å². The lowest BCUT2D eigenvalue weighted by Gasteiger charge is -2.26. The van der Waals surface area contributed by atoms with Crippen molar-refractivity contribution in [3.63, 3.8) is 0 Å². The molecule has 1 fully saturated rings. The summed E-state index contributed by atoms with van der Waals surface area (Å²) in [7, 11) is 0. The summed E-state index contributed by atoms with van der Waals surface area (Å²) in [6.45, 7) is 8.61. The van der Waals surface area contributed by atoms with Crippen LogP contribution in [0.15, 0.2) is 29.3 Å². The normalized spacial score (nSPS) is 12.6. The summed E-state index contributed by atoms with van der Waals surface area (Å²) >= 11 is 5.55. The van der Waals surface area contributed by atoms with E-state index in [-0.39, 0.29) is 47.3 Å². The van der Waals surface area contributed by atoms with Gasteiger partial charge in [0.1, 0.15) is 11.5 Å². The van der Waals surface area contributed by atoms with E-state index in [2.05, 4.69) is 26.8 Å². The van der Waals surface area contributed by atoms with E-state index in [0.29, 0.717) is 0 Å². The molecular weight excluding hydrogens is 559 g/mol. The summed E-state index contributed by atoms with van der Waals surface area (Å²) in [4.78, 5) is 24.2. The number of hydrogen-bond acceptors (Lipinski definition) is 9. The molecule has 12 nitrogen and oxygen atoms in total. The van der Waals surface area contributed by atoms with Crippen LogP contribution in [0.4, 0.5) is 11.6 Å². The first-order chi connectivity index (χ1) is 17.3. The molecule has 1 aliphatic rings. The summed E-state index contributed by atoms with van der Waals surface area (Å²) in [6, 6.07) is 7.92. The maximum absolute atomic E-state index is 11.3. The van der Waals surface area contributed by atoms with Crippen molar-refractivity contribution in [2.45, 2.75) is 26.2 Å². The molecule has 214 valence electrons. The Morgan fingerprint density at radius 1 is 1.00 bits per heavy atom. The smallest absolute Gasteiger partial charge is 0.302 e. The largest absolute Gasteiger partial charge is 0.494 e. The van der Waals surface area contributed by atoms with Gasteiger partial charge in [-0.05, 0) is 37.1 Å². The predicted octanol–water partition coefficient (Wildman–Crippen LogP) is 2.52. The minimum atomic E-state index is -0.832. The Morgan fingerprint density at radius 3 is 2.08 bits per heavy atom. The molecule has 2 aromatic rings. The van der Waals surface area contributed by atoms with E-state index in [0.717, 1.165) is 76.8 Å². The van der Waals surface area contributed by atoms with Gasteiger partial charge in [0.2, 0.25) is 0 Å². The first-order valence-electron chi connectivity index (χ1n) is 11.7. The third-order valence-electron chi connectivity index (χ3n) is 4.92. The number of nitrogens with two attached hydrogens (primary N) is 4. The van der Waals surface area contributed by atoms with Crippen LogP contribution in [0.3, 0.4) is 0 Å². The van der Waals surface area contributed by atoms with Gasteiger partial charge in [-0.3, -0.25) is 9.69 Å². The van der Waals surface area contributed by atoms with Crippen molar-refractivity contribution in [1.29, 1.82) is 0 Å². The minimum Gasteiger partial charge on any atom is -0.494 e. The molecule has 1 saturated heterocycles. The number of guanidine groups is 1. The number of nitrogens with zero attached hydrogens (tertiary/aromatic N) is 4. The second-order valence-corrected chi connectivity index (χ2v) is 8.16. The molecule has 0 aliphatic carbocycles. The Hall–Kier alpha value is -2.77. The molecule has 0 radical (unpaired) electrons. The van der Waals surface area contributed by atoms with Gasteiger partial charge in [0, 0.05) is 19.6 Å². The Bertz CT molecular complexity index is 989. The first kappa shape index (κ1) is 35.2. The number of anilines is 2. The number of aliphatic imine (C=N–C) groups is 1. The SMILES string of the molecule is CCCCOc1ccc(OCCCN2CCOCC2)cc1.Cl.Cl.NC(N)=NC(=O)c1nc(Cl)c(N)nc1N. The number of benzene rings is 1. The Morgan fingerprint density at radius 2 is 1.55 bits per heavy atom. The maximum atomic E-state index is 11.3. The highest BCUT2D eigenvalue weighted by atomic mass is 35.5. The van der Waals surface area contributed by atoms with Crippen molar-refractivity contribution in [2.75, 3.05) is 57.5 Å². The van der Waals surface area contributed by atoms with E-state index in [1.165, 1.54) is 0 Å². The van der Waals surface area contributed by atoms with E-state index in [1.54, 1.807) is 0 Å². The van der Waals surface area contributed by atoms with E-state index >= 15 is 0 Å². The summed E-state index contributed by atoms with van der Waals surface area (Å²) < 4.78 is 16.7. The van der Waals surface area contributed by atoms with Gasteiger partial charge in [0.15, 0.2) is 28.4 Å². The molecule has 1 aromatic carbocycles. The van der Waals surface area contributed by atoms with Gasteiger partial charge in [-0.25, -0.2) is 9.97 Å². The lowest BCUT2D eigenvalue weighted by atomic mass is 10.3. The third kappa shape index (κ3) is 13.2. The van der Waals surface area contributed by atoms with Gasteiger partial charge in [-0.15, -0.1) is 24.8 Å². The number of amides is 1. The second-order valence-electron chi connectivity index (χ2n) is 7.80. The van der Waals surface area contributed by atoms with E-state index < -0.39 is 11.9 Å². The number of unbranched alkanes of at least 4 members (excludes halogenated alkanes) is 1. The van der Waals surface area contributed by atoms with E-state index in [1.807, 2.05) is 24.3 Å². The highest BCUT2D eigenvalue weighted by Gasteiger charge is 2.15. The van der Waals surface area contributed by atoms with Gasteiger partial charge < -0.3 is 37.1 Å².